The van der Waals surface area contributed by atoms with Gasteiger partial charge in [0.1, 0.15) is 11.2 Å². The van der Waals surface area contributed by atoms with Gasteiger partial charge in [-0.15, -0.1) is 0 Å². The van der Waals surface area contributed by atoms with Crippen LogP contribution in [0.25, 0.3) is 65.7 Å². The standard InChI is InChI=1S/C79H72N2O/c1-75(2,3)51-26-35-55(36-27-51)80(56-37-28-52(29-38-56)76(4,5)6)59-34-25-49-46-65-68(47-50(49)45-59)79(66-22-16-13-19-60(66)61-20-14-17-23-67(61)79)69-48-70(64-44-43-63-62-21-15-18-24-71(62)82-74(63)73(64)72(65)69)81(57-39-30-53(31-40-57)77(7,8)9)58-41-32-54(33-42-58)78(10,11)12/h13-48H,1-12H3. The summed E-state index contributed by atoms with van der Waals surface area (Å²) in [6.45, 7) is 27.5. The topological polar surface area (TPSA) is 19.6 Å². The van der Waals surface area contributed by atoms with Crippen LogP contribution in [0, 0.1) is 0 Å². The summed E-state index contributed by atoms with van der Waals surface area (Å²) in [6, 6.07) is 83.3. The van der Waals surface area contributed by atoms with Gasteiger partial charge in [0, 0.05) is 50.0 Å². The smallest absolute Gasteiger partial charge is 0.143 e. The second-order valence-corrected chi connectivity index (χ2v) is 27.4. The second-order valence-electron chi connectivity index (χ2n) is 27.4. The number of para-hydroxylation sites is 1. The quantitative estimate of drug-likeness (QED) is 0.165. The van der Waals surface area contributed by atoms with E-state index in [1.165, 1.54) is 77.5 Å². The van der Waals surface area contributed by atoms with Gasteiger partial charge in [-0.1, -0.05) is 210 Å². The zero-order valence-electron chi connectivity index (χ0n) is 49.6. The number of benzene rings is 11. The second kappa shape index (κ2) is 18.2. The molecule has 0 amide bonds. The molecule has 14 rings (SSSR count). The van der Waals surface area contributed by atoms with Crippen molar-refractivity contribution in [1.29, 1.82) is 0 Å². The third-order valence-corrected chi connectivity index (χ3v) is 18.1. The SMILES string of the molecule is CC(C)(C)c1ccc(N(c2ccc(C(C)(C)C)cc2)c2ccc3cc4c(cc3c2)C2(c3ccccc3-c3ccccc32)c2cc(N(c3ccc(C(C)(C)C)cc3)c3ccc(C(C)(C)C)cc3)c3ccc5c6ccccc6oc5c3c2-4)cc1. The van der Waals surface area contributed by atoms with Crippen LogP contribution in [-0.4, -0.2) is 0 Å². The highest BCUT2D eigenvalue weighted by molar-refractivity contribution is 6.24. The van der Waals surface area contributed by atoms with E-state index >= 15 is 0 Å². The van der Waals surface area contributed by atoms with E-state index in [0.29, 0.717) is 0 Å². The molecule has 0 saturated heterocycles. The number of nitrogens with zero attached hydrogens (tertiary/aromatic N) is 2. The van der Waals surface area contributed by atoms with Gasteiger partial charge < -0.3 is 14.2 Å². The Morgan fingerprint density at radius 1 is 0.317 bits per heavy atom. The average Bonchev–Trinajstić information content (AvgIpc) is 4.01. The molecule has 0 atom stereocenters. The number of fused-ring (bicyclic) bond motifs is 17. The van der Waals surface area contributed by atoms with E-state index < -0.39 is 5.41 Å². The van der Waals surface area contributed by atoms with Crippen LogP contribution >= 0.6 is 0 Å². The van der Waals surface area contributed by atoms with Crippen molar-refractivity contribution >= 4 is 77.6 Å². The van der Waals surface area contributed by atoms with Crippen molar-refractivity contribution in [3.05, 3.63) is 263 Å². The Morgan fingerprint density at radius 3 is 1.26 bits per heavy atom. The largest absolute Gasteiger partial charge is 0.455 e. The van der Waals surface area contributed by atoms with Gasteiger partial charge in [0.05, 0.1) is 11.1 Å². The van der Waals surface area contributed by atoms with Gasteiger partial charge in [0.15, 0.2) is 0 Å². The first-order valence-electron chi connectivity index (χ1n) is 29.4. The Morgan fingerprint density at radius 2 is 0.756 bits per heavy atom. The minimum Gasteiger partial charge on any atom is -0.455 e. The molecule has 2 aliphatic rings. The lowest BCUT2D eigenvalue weighted by molar-refractivity contribution is 0.590. The molecular formula is C79H72N2O. The van der Waals surface area contributed by atoms with Crippen molar-refractivity contribution < 1.29 is 4.42 Å². The molecule has 0 N–H and O–H groups in total. The summed E-state index contributed by atoms with van der Waals surface area (Å²) in [5.74, 6) is 0. The predicted molar refractivity (Wildman–Crippen MR) is 349 cm³/mol. The molecule has 3 nitrogen and oxygen atoms in total. The highest BCUT2D eigenvalue weighted by Crippen LogP contribution is 2.66. The molecule has 2 aliphatic carbocycles. The Kier molecular flexibility index (Phi) is 11.4. The first kappa shape index (κ1) is 51.5. The van der Waals surface area contributed by atoms with Crippen LogP contribution in [-0.2, 0) is 27.1 Å². The summed E-state index contributed by atoms with van der Waals surface area (Å²) in [7, 11) is 0. The molecule has 404 valence electrons. The third-order valence-electron chi connectivity index (χ3n) is 18.1. The lowest BCUT2D eigenvalue weighted by atomic mass is 9.70. The summed E-state index contributed by atoms with van der Waals surface area (Å²) in [4.78, 5) is 4.95. The number of hydrogen-bond acceptors (Lipinski definition) is 3. The maximum atomic E-state index is 7.29. The summed E-state index contributed by atoms with van der Waals surface area (Å²) < 4.78 is 7.29. The van der Waals surface area contributed by atoms with Crippen molar-refractivity contribution in [3.63, 3.8) is 0 Å². The number of furan rings is 1. The van der Waals surface area contributed by atoms with Crippen molar-refractivity contribution in [1.82, 2.24) is 0 Å². The predicted octanol–water partition coefficient (Wildman–Crippen LogP) is 22.4. The van der Waals surface area contributed by atoms with Crippen LogP contribution in [0.1, 0.15) is 128 Å². The van der Waals surface area contributed by atoms with Crippen molar-refractivity contribution in [2.75, 3.05) is 9.80 Å². The first-order valence-corrected chi connectivity index (χ1v) is 29.4. The molecule has 0 unspecified atom stereocenters. The van der Waals surface area contributed by atoms with E-state index in [0.717, 1.165) is 66.8 Å². The summed E-state index contributed by atoms with van der Waals surface area (Å²) >= 11 is 0. The summed E-state index contributed by atoms with van der Waals surface area (Å²) in [6.07, 6.45) is 0. The molecule has 12 aromatic rings. The zero-order chi connectivity index (χ0) is 56.8. The highest BCUT2D eigenvalue weighted by Gasteiger charge is 2.53. The third kappa shape index (κ3) is 7.98. The fourth-order valence-electron chi connectivity index (χ4n) is 13.7. The summed E-state index contributed by atoms with van der Waals surface area (Å²) in [5, 5.41) is 6.86. The van der Waals surface area contributed by atoms with Crippen LogP contribution in [0.4, 0.5) is 34.1 Å². The zero-order valence-corrected chi connectivity index (χ0v) is 49.6. The van der Waals surface area contributed by atoms with E-state index in [-0.39, 0.29) is 21.7 Å². The van der Waals surface area contributed by atoms with Gasteiger partial charge in [-0.2, -0.15) is 0 Å². The van der Waals surface area contributed by atoms with Gasteiger partial charge in [-0.3, -0.25) is 0 Å². The molecule has 82 heavy (non-hydrogen) atoms. The fraction of sp³-hybridized carbons (Fsp3) is 0.215. The Bertz CT molecular complexity index is 4350. The Labute approximate surface area is 484 Å². The molecule has 0 aliphatic heterocycles. The minimum atomic E-state index is -0.692. The molecular weight excluding hydrogens is 993 g/mol. The number of rotatable bonds is 6. The van der Waals surface area contributed by atoms with Crippen LogP contribution in [0.3, 0.4) is 0 Å². The number of anilines is 6. The molecule has 11 aromatic carbocycles. The molecule has 0 saturated carbocycles. The van der Waals surface area contributed by atoms with Crippen LogP contribution < -0.4 is 9.80 Å². The molecule has 0 radical (unpaired) electrons. The van der Waals surface area contributed by atoms with Crippen LogP contribution in [0.2, 0.25) is 0 Å². The normalized spacial score (nSPS) is 13.7. The molecule has 1 aromatic heterocycles. The lowest BCUT2D eigenvalue weighted by Crippen LogP contribution is -2.26. The minimum absolute atomic E-state index is 0.00963. The summed E-state index contributed by atoms with van der Waals surface area (Å²) in [5.41, 5.74) is 23.1. The first-order chi connectivity index (χ1) is 39.2. The van der Waals surface area contributed by atoms with E-state index in [2.05, 4.69) is 311 Å². The highest BCUT2D eigenvalue weighted by atomic mass is 16.3. The maximum absolute atomic E-state index is 7.29. The van der Waals surface area contributed by atoms with E-state index in [9.17, 15) is 0 Å². The molecule has 1 spiro atoms. The van der Waals surface area contributed by atoms with Gasteiger partial charge in [0.25, 0.3) is 0 Å². The van der Waals surface area contributed by atoms with Gasteiger partial charge >= 0.3 is 0 Å². The van der Waals surface area contributed by atoms with E-state index in [1.807, 2.05) is 0 Å². The van der Waals surface area contributed by atoms with E-state index in [1.54, 1.807) is 0 Å². The van der Waals surface area contributed by atoms with Gasteiger partial charge in [-0.05, 0) is 190 Å². The maximum Gasteiger partial charge on any atom is 0.143 e. The monoisotopic (exact) mass is 1060 g/mol. The molecule has 0 fully saturated rings. The van der Waals surface area contributed by atoms with Crippen molar-refractivity contribution in [2.24, 2.45) is 0 Å². The van der Waals surface area contributed by atoms with Gasteiger partial charge in [-0.25, -0.2) is 0 Å². The van der Waals surface area contributed by atoms with Gasteiger partial charge in [0.2, 0.25) is 0 Å². The number of hydrogen-bond donors (Lipinski definition) is 0. The lowest BCUT2D eigenvalue weighted by Gasteiger charge is -2.33. The average molecular weight is 1070 g/mol. The van der Waals surface area contributed by atoms with E-state index in [4.69, 9.17) is 4.42 Å². The van der Waals surface area contributed by atoms with Crippen molar-refractivity contribution in [2.45, 2.75) is 110 Å². The molecule has 3 heteroatoms. The fourth-order valence-corrected chi connectivity index (χ4v) is 13.7. The van der Waals surface area contributed by atoms with Crippen LogP contribution in [0.5, 0.6) is 0 Å². The van der Waals surface area contributed by atoms with Crippen LogP contribution in [0.15, 0.2) is 223 Å². The molecule has 0 bridgehead atoms. The Hall–Kier alpha value is -8.66. The molecule has 1 heterocycles. The Balaban J connectivity index is 1.09. The van der Waals surface area contributed by atoms with Crippen molar-refractivity contribution in [3.8, 4) is 22.3 Å².